The van der Waals surface area contributed by atoms with Gasteiger partial charge in [0.05, 0.1) is 10.4 Å². The highest BCUT2D eigenvalue weighted by Crippen LogP contribution is 2.37. The van der Waals surface area contributed by atoms with Crippen molar-refractivity contribution in [2.75, 3.05) is 5.75 Å². The second-order valence-corrected chi connectivity index (χ2v) is 7.11. The predicted molar refractivity (Wildman–Crippen MR) is 78.0 cm³/mol. The van der Waals surface area contributed by atoms with E-state index in [1.54, 1.807) is 11.4 Å². The summed E-state index contributed by atoms with van der Waals surface area (Å²) < 4.78 is 0. The van der Waals surface area contributed by atoms with Gasteiger partial charge in [-0.25, -0.2) is 4.79 Å². The molecule has 0 saturated carbocycles. The van der Waals surface area contributed by atoms with E-state index >= 15 is 0 Å². The van der Waals surface area contributed by atoms with E-state index in [0.717, 1.165) is 0 Å². The van der Waals surface area contributed by atoms with Crippen LogP contribution in [0, 0.1) is 5.92 Å². The van der Waals surface area contributed by atoms with Gasteiger partial charge in [-0.1, -0.05) is 25.4 Å². The van der Waals surface area contributed by atoms with Crippen molar-refractivity contribution in [1.29, 1.82) is 0 Å². The summed E-state index contributed by atoms with van der Waals surface area (Å²) in [7, 11) is 0. The normalized spacial score (nSPS) is 23.1. The van der Waals surface area contributed by atoms with Crippen molar-refractivity contribution in [2.24, 2.45) is 5.92 Å². The van der Waals surface area contributed by atoms with E-state index in [0.29, 0.717) is 15.7 Å². The summed E-state index contributed by atoms with van der Waals surface area (Å²) in [5.74, 6) is -0.628. The third-order valence-corrected chi connectivity index (χ3v) is 5.89. The van der Waals surface area contributed by atoms with E-state index in [1.807, 2.05) is 13.8 Å². The fraction of sp³-hybridized carbons (Fsp3) is 0.500. The van der Waals surface area contributed by atoms with Gasteiger partial charge in [0, 0.05) is 5.75 Å². The summed E-state index contributed by atoms with van der Waals surface area (Å²) in [4.78, 5) is 25.7. The van der Waals surface area contributed by atoms with Gasteiger partial charge in [-0.2, -0.15) is 0 Å². The number of carbonyl (C=O) groups is 2. The van der Waals surface area contributed by atoms with Crippen molar-refractivity contribution in [3.63, 3.8) is 0 Å². The van der Waals surface area contributed by atoms with Crippen LogP contribution in [0.25, 0.3) is 0 Å². The Kier molecular flexibility index (Phi) is 4.43. The van der Waals surface area contributed by atoms with Gasteiger partial charge in [-0.3, -0.25) is 4.79 Å². The summed E-state index contributed by atoms with van der Waals surface area (Å²) in [6.07, 6.45) is 0. The predicted octanol–water partition coefficient (Wildman–Crippen LogP) is 3.03. The minimum Gasteiger partial charge on any atom is -0.480 e. The van der Waals surface area contributed by atoms with Crippen molar-refractivity contribution in [2.45, 2.75) is 25.3 Å². The molecular weight excluding hydrogens is 306 g/mol. The first-order valence-corrected chi connectivity index (χ1v) is 8.14. The topological polar surface area (TPSA) is 57.6 Å². The molecular formula is C12H14ClNO3S2. The highest BCUT2D eigenvalue weighted by molar-refractivity contribution is 8.00. The molecule has 7 heteroatoms. The summed E-state index contributed by atoms with van der Waals surface area (Å²) >= 11 is 8.74. The quantitative estimate of drug-likeness (QED) is 0.930. The van der Waals surface area contributed by atoms with Crippen LogP contribution < -0.4 is 0 Å². The van der Waals surface area contributed by atoms with Gasteiger partial charge in [0.1, 0.15) is 10.9 Å². The Balaban J connectivity index is 2.34. The fourth-order valence-electron chi connectivity index (χ4n) is 2.05. The first-order valence-electron chi connectivity index (χ1n) is 5.83. The Bertz CT molecular complexity index is 503. The van der Waals surface area contributed by atoms with Gasteiger partial charge >= 0.3 is 5.97 Å². The Labute approximate surface area is 124 Å². The SMILES string of the molecule is CC(C)C1SCC(C(=O)O)N1C(=O)c1sccc1Cl. The Morgan fingerprint density at radius 2 is 2.21 bits per heavy atom. The molecule has 4 nitrogen and oxygen atoms in total. The summed E-state index contributed by atoms with van der Waals surface area (Å²) in [6.45, 7) is 3.97. The molecule has 0 aromatic carbocycles. The Morgan fingerprint density at radius 1 is 1.53 bits per heavy atom. The van der Waals surface area contributed by atoms with Crippen LogP contribution in [0.1, 0.15) is 23.5 Å². The van der Waals surface area contributed by atoms with Gasteiger partial charge in [0.25, 0.3) is 5.91 Å². The van der Waals surface area contributed by atoms with E-state index in [1.165, 1.54) is 28.0 Å². The molecule has 0 aliphatic carbocycles. The van der Waals surface area contributed by atoms with Gasteiger partial charge in [-0.05, 0) is 17.4 Å². The molecule has 19 heavy (non-hydrogen) atoms. The number of carbonyl (C=O) groups excluding carboxylic acids is 1. The van der Waals surface area contributed by atoms with E-state index in [4.69, 9.17) is 11.6 Å². The van der Waals surface area contributed by atoms with Crippen LogP contribution in [0.15, 0.2) is 11.4 Å². The van der Waals surface area contributed by atoms with Crippen molar-refractivity contribution >= 4 is 46.6 Å². The minimum absolute atomic E-state index is 0.119. The van der Waals surface area contributed by atoms with E-state index in [2.05, 4.69) is 0 Å². The molecule has 1 amide bonds. The molecule has 1 N–H and O–H groups in total. The zero-order chi connectivity index (χ0) is 14.2. The summed E-state index contributed by atoms with van der Waals surface area (Å²) in [6, 6.07) is 0.881. The number of aliphatic carboxylic acids is 1. The van der Waals surface area contributed by atoms with Gasteiger partial charge < -0.3 is 10.0 Å². The maximum atomic E-state index is 12.5. The van der Waals surface area contributed by atoms with Crippen LogP contribution in [0.5, 0.6) is 0 Å². The summed E-state index contributed by atoms with van der Waals surface area (Å²) in [5, 5.41) is 11.3. The van der Waals surface area contributed by atoms with E-state index in [-0.39, 0.29) is 17.2 Å². The smallest absolute Gasteiger partial charge is 0.327 e. The van der Waals surface area contributed by atoms with Crippen LogP contribution in [0.2, 0.25) is 5.02 Å². The van der Waals surface area contributed by atoms with E-state index in [9.17, 15) is 14.7 Å². The van der Waals surface area contributed by atoms with Crippen molar-refractivity contribution in [3.05, 3.63) is 21.3 Å². The molecule has 1 fully saturated rings. The number of carboxylic acids is 1. The molecule has 2 atom stereocenters. The highest BCUT2D eigenvalue weighted by Gasteiger charge is 2.43. The van der Waals surface area contributed by atoms with Crippen LogP contribution in [-0.4, -0.2) is 39.1 Å². The number of carboxylic acid groups (broad SMARTS) is 1. The standard InChI is InChI=1S/C12H14ClNO3S2/c1-6(2)11-14(8(5-19-11)12(16)17)10(15)9-7(13)3-4-18-9/h3-4,6,8,11H,5H2,1-2H3,(H,16,17). The average molecular weight is 320 g/mol. The zero-order valence-corrected chi connectivity index (χ0v) is 12.9. The van der Waals surface area contributed by atoms with Crippen LogP contribution in [-0.2, 0) is 4.79 Å². The Morgan fingerprint density at radius 3 is 2.68 bits per heavy atom. The second-order valence-electron chi connectivity index (χ2n) is 4.63. The maximum absolute atomic E-state index is 12.5. The number of thioether (sulfide) groups is 1. The largest absolute Gasteiger partial charge is 0.480 e. The third kappa shape index (κ3) is 2.75. The average Bonchev–Trinajstić information content (AvgIpc) is 2.93. The van der Waals surface area contributed by atoms with Crippen LogP contribution in [0.4, 0.5) is 0 Å². The van der Waals surface area contributed by atoms with Crippen molar-refractivity contribution < 1.29 is 14.7 Å². The molecule has 2 heterocycles. The molecule has 1 saturated heterocycles. The van der Waals surface area contributed by atoms with E-state index < -0.39 is 12.0 Å². The number of rotatable bonds is 3. The first kappa shape index (κ1) is 14.7. The van der Waals surface area contributed by atoms with Crippen molar-refractivity contribution in [1.82, 2.24) is 4.90 Å². The number of thiophene rings is 1. The molecule has 2 unspecified atom stereocenters. The Hall–Kier alpha value is -0.720. The fourth-order valence-corrected chi connectivity index (χ4v) is 4.60. The lowest BCUT2D eigenvalue weighted by Gasteiger charge is -2.29. The van der Waals surface area contributed by atoms with Crippen LogP contribution >= 0.6 is 34.7 Å². The molecule has 1 aromatic rings. The number of hydrogen-bond donors (Lipinski definition) is 1. The number of hydrogen-bond acceptors (Lipinski definition) is 4. The monoisotopic (exact) mass is 319 g/mol. The lowest BCUT2D eigenvalue weighted by molar-refractivity contribution is -0.141. The lowest BCUT2D eigenvalue weighted by Crippen LogP contribution is -2.47. The number of halogens is 1. The highest BCUT2D eigenvalue weighted by atomic mass is 35.5. The first-order chi connectivity index (χ1) is 8.93. The van der Waals surface area contributed by atoms with Crippen molar-refractivity contribution in [3.8, 4) is 0 Å². The summed E-state index contributed by atoms with van der Waals surface area (Å²) in [5.41, 5.74) is 0. The zero-order valence-electron chi connectivity index (χ0n) is 10.5. The molecule has 1 aliphatic rings. The molecule has 0 radical (unpaired) electrons. The lowest BCUT2D eigenvalue weighted by atomic mass is 10.1. The third-order valence-electron chi connectivity index (χ3n) is 2.94. The molecule has 2 rings (SSSR count). The second kappa shape index (κ2) is 5.73. The molecule has 1 aliphatic heterocycles. The number of nitrogens with zero attached hydrogens (tertiary/aromatic N) is 1. The van der Waals surface area contributed by atoms with Gasteiger partial charge in [0.15, 0.2) is 0 Å². The minimum atomic E-state index is -0.961. The van der Waals surface area contributed by atoms with Gasteiger partial charge in [0.2, 0.25) is 0 Å². The molecule has 1 aromatic heterocycles. The molecule has 104 valence electrons. The number of amides is 1. The van der Waals surface area contributed by atoms with Gasteiger partial charge in [-0.15, -0.1) is 23.1 Å². The maximum Gasteiger partial charge on any atom is 0.327 e. The van der Waals surface area contributed by atoms with Crippen LogP contribution in [0.3, 0.4) is 0 Å². The molecule has 0 spiro atoms. The molecule has 0 bridgehead atoms.